The number of benzene rings is 23. The largest absolute Gasteiger partial charge is 0.456 e. The van der Waals surface area contributed by atoms with Crippen LogP contribution in [0.15, 0.2) is 514 Å². The van der Waals surface area contributed by atoms with Crippen molar-refractivity contribution in [3.8, 4) is 89.5 Å². The molecule has 9 heteroatoms. The molecule has 0 saturated heterocycles. The molecular weight excluding hydrogens is 1820 g/mol. The van der Waals surface area contributed by atoms with Gasteiger partial charge in [-0.15, -0.1) is 22.7 Å². The van der Waals surface area contributed by atoms with E-state index in [9.17, 15) is 0 Å². The summed E-state index contributed by atoms with van der Waals surface area (Å²) in [5.74, 6) is 0. The molecule has 0 aliphatic rings. The lowest BCUT2D eigenvalue weighted by Gasteiger charge is -2.15. The molecule has 0 aliphatic heterocycles. The van der Waals surface area contributed by atoms with Crippen molar-refractivity contribution >= 4 is 226 Å². The van der Waals surface area contributed by atoms with E-state index < -0.39 is 0 Å². The number of rotatable bonds is 10. The number of thiophene rings is 2. The Kier molecular flexibility index (Phi) is 19.3. The highest BCUT2D eigenvalue weighted by Crippen LogP contribution is 2.50. The zero-order valence-electron chi connectivity index (χ0n) is 79.4. The van der Waals surface area contributed by atoms with E-state index in [-0.39, 0.29) is 0 Å². The number of hydrogen-bond donors (Lipinski definition) is 0. The van der Waals surface area contributed by atoms with Crippen LogP contribution >= 0.6 is 22.7 Å². The Morgan fingerprint density at radius 1 is 0.184 bits per heavy atom. The van der Waals surface area contributed by atoms with E-state index >= 15 is 0 Å². The highest BCUT2D eigenvalue weighted by atomic mass is 32.1. The van der Waals surface area contributed by atoms with Crippen molar-refractivity contribution in [2.24, 2.45) is 0 Å². The molecule has 0 bridgehead atoms. The van der Waals surface area contributed by atoms with Crippen molar-refractivity contribution in [3.05, 3.63) is 510 Å². The molecule has 147 heavy (non-hydrogen) atoms. The maximum atomic E-state index is 6.19. The second-order valence-corrected chi connectivity index (χ2v) is 40.6. The second kappa shape index (κ2) is 33.9. The first kappa shape index (κ1) is 83.8. The molecule has 32 rings (SSSR count). The van der Waals surface area contributed by atoms with Gasteiger partial charge in [0.2, 0.25) is 0 Å². The van der Waals surface area contributed by atoms with Gasteiger partial charge in [0.1, 0.15) is 11.2 Å². The van der Waals surface area contributed by atoms with Gasteiger partial charge in [0, 0.05) is 151 Å². The predicted molar refractivity (Wildman–Crippen MR) is 625 cm³/mol. The van der Waals surface area contributed by atoms with Crippen LogP contribution in [0.2, 0.25) is 0 Å². The Labute approximate surface area is 851 Å². The van der Waals surface area contributed by atoms with Crippen molar-refractivity contribution < 1.29 is 4.42 Å². The molecule has 0 amide bonds. The van der Waals surface area contributed by atoms with Gasteiger partial charge < -0.3 is 22.7 Å². The first-order valence-electron chi connectivity index (χ1n) is 50.1. The van der Waals surface area contributed by atoms with E-state index in [0.29, 0.717) is 0 Å². The van der Waals surface area contributed by atoms with Gasteiger partial charge in [-0.1, -0.05) is 334 Å². The Balaban J connectivity index is 0.000000103. The molecule has 23 aromatic carbocycles. The van der Waals surface area contributed by atoms with E-state index in [2.05, 4.69) is 502 Å². The molecule has 7 nitrogen and oxygen atoms in total. The van der Waals surface area contributed by atoms with E-state index in [1.165, 1.54) is 216 Å². The number of hydrogen-bond acceptors (Lipinski definition) is 5. The molecule has 0 aliphatic carbocycles. The fraction of sp³-hybridized carbons (Fsp3) is 0. The summed E-state index contributed by atoms with van der Waals surface area (Å²) in [6.45, 7) is 0. The molecule has 32 aromatic rings. The summed E-state index contributed by atoms with van der Waals surface area (Å²) in [5, 5.41) is 27.3. The van der Waals surface area contributed by atoms with Crippen LogP contribution in [0.3, 0.4) is 0 Å². The van der Waals surface area contributed by atoms with E-state index in [0.717, 1.165) is 77.5 Å². The van der Waals surface area contributed by atoms with Crippen LogP contribution in [0.5, 0.6) is 0 Å². The summed E-state index contributed by atoms with van der Waals surface area (Å²) >= 11 is 3.77. The average Bonchev–Trinajstić information content (AvgIpc) is 1.50. The van der Waals surface area contributed by atoms with Crippen molar-refractivity contribution in [2.45, 2.75) is 0 Å². The average molecular weight is 1910 g/mol. The van der Waals surface area contributed by atoms with Crippen molar-refractivity contribution in [2.75, 3.05) is 0 Å². The van der Waals surface area contributed by atoms with E-state index in [4.69, 9.17) is 9.40 Å². The number of fused-ring (bicyclic) bond motifs is 29. The van der Waals surface area contributed by atoms with Gasteiger partial charge in [-0.3, -0.25) is 9.97 Å². The highest BCUT2D eigenvalue weighted by molar-refractivity contribution is 7.27. The fourth-order valence-electron chi connectivity index (χ4n) is 23.6. The topological polar surface area (TPSA) is 58.6 Å². The summed E-state index contributed by atoms with van der Waals surface area (Å²) in [4.78, 5) is 9.58. The zero-order chi connectivity index (χ0) is 96.4. The predicted octanol–water partition coefficient (Wildman–Crippen LogP) is 38.6. The van der Waals surface area contributed by atoms with Crippen molar-refractivity contribution in [3.63, 3.8) is 0 Å². The van der Waals surface area contributed by atoms with Crippen LogP contribution < -0.4 is 0 Å². The Morgan fingerprint density at radius 3 is 1.35 bits per heavy atom. The van der Waals surface area contributed by atoms with Crippen LogP contribution in [-0.2, 0) is 0 Å². The molecule has 0 unspecified atom stereocenters. The smallest absolute Gasteiger partial charge is 0.136 e. The molecule has 0 spiro atoms. The third-order valence-electron chi connectivity index (χ3n) is 30.3. The number of aromatic nitrogens is 6. The molecule has 9 heterocycles. The molecule has 0 saturated carbocycles. The minimum atomic E-state index is 0.915. The summed E-state index contributed by atoms with van der Waals surface area (Å²) in [6.07, 6.45) is 3.77. The molecule has 0 radical (unpaired) electrons. The first-order chi connectivity index (χ1) is 72.9. The molecule has 0 fully saturated rings. The maximum absolute atomic E-state index is 6.19. The lowest BCUT2D eigenvalue weighted by atomic mass is 9.99. The zero-order valence-corrected chi connectivity index (χ0v) is 81.0. The Hall–Kier alpha value is -18.9. The van der Waals surface area contributed by atoms with Crippen LogP contribution in [-0.4, -0.2) is 28.2 Å². The number of furan rings is 1. The van der Waals surface area contributed by atoms with Gasteiger partial charge in [0.25, 0.3) is 0 Å². The summed E-state index contributed by atoms with van der Waals surface area (Å²) in [7, 11) is 0. The van der Waals surface area contributed by atoms with E-state index in [1.54, 1.807) is 0 Å². The van der Waals surface area contributed by atoms with Crippen LogP contribution in [0.1, 0.15) is 0 Å². The Bertz CT molecular complexity index is 11100. The normalized spacial score (nSPS) is 11.9. The summed E-state index contributed by atoms with van der Waals surface area (Å²) in [5.41, 5.74) is 32.7. The van der Waals surface area contributed by atoms with Gasteiger partial charge in [-0.05, 0) is 247 Å². The van der Waals surface area contributed by atoms with E-state index in [1.807, 2.05) is 53.3 Å². The maximum Gasteiger partial charge on any atom is 0.136 e. The third-order valence-corrected chi connectivity index (χ3v) is 32.8. The third kappa shape index (κ3) is 13.6. The SMILES string of the molecule is c1ccc(-c2cccc3c2sc2c(-c4ccc5c(c4)c4ccc6ccccc6c4n5-c4cc5ccccc5c5ncccc45)cccc23)cc1.c1ccc(-n2c3ccc(-c4ccc5c(c4)c4ccccc4n5-c4cccc(-c5ccc6sc7ccccc7c6c5)c4)cc3c3c4ccccc4ccc32)cc1.c1cnc2c(-c3ccc(-n4c5ccccc5c5cc(-c6ccc7c(c6)oc6ccccc67)ccc54)cc3)cccc2c1. The number of pyridine rings is 2. The Morgan fingerprint density at radius 2 is 0.605 bits per heavy atom. The minimum Gasteiger partial charge on any atom is -0.456 e. The van der Waals surface area contributed by atoms with Gasteiger partial charge in [0.05, 0.1) is 60.9 Å². The summed E-state index contributed by atoms with van der Waals surface area (Å²) in [6, 6.07) is 181. The second-order valence-electron chi connectivity index (χ2n) is 38.4. The molecule has 684 valence electrons. The fourth-order valence-corrected chi connectivity index (χ4v) is 26.1. The van der Waals surface area contributed by atoms with Crippen molar-refractivity contribution in [1.29, 1.82) is 0 Å². The van der Waals surface area contributed by atoms with Crippen LogP contribution in [0, 0.1) is 0 Å². The van der Waals surface area contributed by atoms with Crippen LogP contribution in [0.4, 0.5) is 0 Å². The minimum absolute atomic E-state index is 0.915. The molecule has 0 atom stereocenters. The summed E-state index contributed by atoms with van der Waals surface area (Å²) < 4.78 is 21.2. The van der Waals surface area contributed by atoms with Gasteiger partial charge in [-0.2, -0.15) is 0 Å². The first-order valence-corrected chi connectivity index (χ1v) is 51.7. The standard InChI is InChI=1S/C52H32N2S.C47H28N2S.C39H24N2O/c1-2-13-38(14-3-1)53-48-26-23-36(32-45(48)52-40-16-5-4-11-33(40)21-27-49(52)53)35-22-25-47-43(30-35)41-17-6-8-19-46(41)54(47)39-15-10-12-34(29-39)37-24-28-51-44(31-37)42-18-7-9-20-50(42)55-51;1-2-11-29(12-3-1)35-17-8-19-38-39-20-9-18-36(47(39)50-46(35)38)32-23-25-42-41(27-32)37-24-22-30-13-4-7-16-34(30)45(37)49(42)43-28-31-14-5-6-15-33(31)44-40(43)21-10-26-48-44;1-3-12-35-31(9-1)34-23-27(28-16-20-33-32-10-2-4-13-37(32)42-38(33)24-28)17-21-36(34)41(35)29-18-14-25(15-19-29)30-11-5-7-26-8-6-22-40-39(26)30/h1-32H;1-28H;1-24H. The molecular formula is C138H84N6OS2. The highest BCUT2D eigenvalue weighted by Gasteiger charge is 2.26. The number of para-hydroxylation sites is 5. The van der Waals surface area contributed by atoms with Crippen LogP contribution in [0.25, 0.3) is 293 Å². The van der Waals surface area contributed by atoms with Crippen molar-refractivity contribution in [1.82, 2.24) is 28.2 Å². The van der Waals surface area contributed by atoms with Gasteiger partial charge in [0.15, 0.2) is 0 Å². The van der Waals surface area contributed by atoms with Gasteiger partial charge in [-0.25, -0.2) is 0 Å². The van der Waals surface area contributed by atoms with Gasteiger partial charge >= 0.3 is 0 Å². The lowest BCUT2D eigenvalue weighted by Crippen LogP contribution is -1.97. The monoisotopic (exact) mass is 1900 g/mol. The quantitative estimate of drug-likeness (QED) is 0.128. The molecule has 9 aromatic heterocycles. The number of nitrogens with zero attached hydrogens (tertiary/aromatic N) is 6. The molecule has 0 N–H and O–H groups in total. The lowest BCUT2D eigenvalue weighted by molar-refractivity contribution is 0.669.